The van der Waals surface area contributed by atoms with E-state index < -0.39 is 0 Å². The Hall–Kier alpha value is -1.42. The molecule has 0 bridgehead atoms. The molecule has 1 aliphatic heterocycles. The number of carbonyl (C=O) groups excluding carboxylic acids is 1. The van der Waals surface area contributed by atoms with Gasteiger partial charge in [0.15, 0.2) is 0 Å². The molecule has 1 aromatic rings. The molecule has 1 aromatic heterocycles. The molecule has 1 fully saturated rings. The molecule has 4 heteroatoms. The Morgan fingerprint density at radius 3 is 2.89 bits per heavy atom. The molecule has 0 unspecified atom stereocenters. The topological polar surface area (TPSA) is 54.0 Å². The highest BCUT2D eigenvalue weighted by atomic mass is 16.1. The molecule has 2 rings (SSSR count). The molecule has 4 nitrogen and oxygen atoms in total. The molecule has 0 radical (unpaired) electrons. The smallest absolute Gasteiger partial charge is 0.220 e. The van der Waals surface area contributed by atoms with Crippen molar-refractivity contribution in [3.8, 4) is 0 Å². The summed E-state index contributed by atoms with van der Waals surface area (Å²) in [6.07, 6.45) is 5.89. The summed E-state index contributed by atoms with van der Waals surface area (Å²) in [5.41, 5.74) is 2.06. The van der Waals surface area contributed by atoms with Crippen molar-refractivity contribution in [3.63, 3.8) is 0 Å². The minimum atomic E-state index is 0.152. The lowest BCUT2D eigenvalue weighted by Crippen LogP contribution is -2.29. The van der Waals surface area contributed by atoms with Crippen LogP contribution in [0.2, 0.25) is 0 Å². The predicted molar refractivity (Wildman–Crippen MR) is 75.6 cm³/mol. The first-order valence-electron chi connectivity index (χ1n) is 7.13. The maximum Gasteiger partial charge on any atom is 0.220 e. The van der Waals surface area contributed by atoms with Crippen molar-refractivity contribution in [2.75, 3.05) is 13.1 Å². The lowest BCUT2D eigenvalue weighted by atomic mass is 9.93. The van der Waals surface area contributed by atoms with Crippen LogP contribution in [0.1, 0.15) is 36.9 Å². The van der Waals surface area contributed by atoms with E-state index in [1.165, 1.54) is 12.8 Å². The molecular weight excluding hydrogens is 238 g/mol. The third-order valence-electron chi connectivity index (χ3n) is 3.70. The Balaban J connectivity index is 1.65. The van der Waals surface area contributed by atoms with Gasteiger partial charge in [-0.1, -0.05) is 6.07 Å². The summed E-state index contributed by atoms with van der Waals surface area (Å²) in [4.78, 5) is 16.0. The second-order valence-corrected chi connectivity index (χ2v) is 5.32. The number of hydrogen-bond acceptors (Lipinski definition) is 3. The third kappa shape index (κ3) is 4.99. The van der Waals surface area contributed by atoms with Gasteiger partial charge in [0.25, 0.3) is 0 Å². The summed E-state index contributed by atoms with van der Waals surface area (Å²) in [6.45, 7) is 4.74. The van der Waals surface area contributed by atoms with Crippen molar-refractivity contribution in [3.05, 3.63) is 29.6 Å². The van der Waals surface area contributed by atoms with Gasteiger partial charge < -0.3 is 10.6 Å². The van der Waals surface area contributed by atoms with Crippen LogP contribution in [0.4, 0.5) is 0 Å². The van der Waals surface area contributed by atoms with Gasteiger partial charge in [-0.25, -0.2) is 0 Å². The number of carbonyl (C=O) groups is 1. The monoisotopic (exact) mass is 261 g/mol. The van der Waals surface area contributed by atoms with Gasteiger partial charge in [-0.05, 0) is 56.8 Å². The average molecular weight is 261 g/mol. The summed E-state index contributed by atoms with van der Waals surface area (Å²) >= 11 is 0. The van der Waals surface area contributed by atoms with Crippen LogP contribution in [0.5, 0.6) is 0 Å². The van der Waals surface area contributed by atoms with Gasteiger partial charge in [-0.15, -0.1) is 0 Å². The van der Waals surface area contributed by atoms with E-state index >= 15 is 0 Å². The van der Waals surface area contributed by atoms with Crippen LogP contribution in [-0.4, -0.2) is 24.0 Å². The van der Waals surface area contributed by atoms with E-state index in [0.29, 0.717) is 18.9 Å². The van der Waals surface area contributed by atoms with Gasteiger partial charge in [0, 0.05) is 24.9 Å². The Morgan fingerprint density at radius 2 is 2.21 bits per heavy atom. The van der Waals surface area contributed by atoms with E-state index in [4.69, 9.17) is 0 Å². The van der Waals surface area contributed by atoms with Crippen LogP contribution < -0.4 is 10.6 Å². The molecule has 2 heterocycles. The van der Waals surface area contributed by atoms with Crippen molar-refractivity contribution in [1.82, 2.24) is 15.6 Å². The zero-order valence-electron chi connectivity index (χ0n) is 11.6. The number of hydrogen-bond donors (Lipinski definition) is 2. The van der Waals surface area contributed by atoms with Crippen LogP contribution in [-0.2, 0) is 11.3 Å². The number of piperidine rings is 1. The number of rotatable bonds is 5. The van der Waals surface area contributed by atoms with E-state index in [-0.39, 0.29) is 5.91 Å². The van der Waals surface area contributed by atoms with E-state index in [1.807, 2.05) is 25.3 Å². The average Bonchev–Trinajstić information content (AvgIpc) is 2.45. The highest BCUT2D eigenvalue weighted by molar-refractivity contribution is 5.75. The maximum atomic E-state index is 11.8. The molecule has 1 aliphatic rings. The van der Waals surface area contributed by atoms with Crippen LogP contribution in [0.3, 0.4) is 0 Å². The van der Waals surface area contributed by atoms with Gasteiger partial charge in [-0.2, -0.15) is 0 Å². The van der Waals surface area contributed by atoms with Crippen molar-refractivity contribution in [2.24, 2.45) is 5.92 Å². The Kier molecular flexibility index (Phi) is 5.33. The van der Waals surface area contributed by atoms with Crippen molar-refractivity contribution >= 4 is 5.91 Å². The van der Waals surface area contributed by atoms with Crippen molar-refractivity contribution in [2.45, 2.75) is 39.2 Å². The lowest BCUT2D eigenvalue weighted by molar-refractivity contribution is -0.121. The second-order valence-electron chi connectivity index (χ2n) is 5.32. The lowest BCUT2D eigenvalue weighted by Gasteiger charge is -2.22. The molecule has 0 atom stereocenters. The minimum Gasteiger partial charge on any atom is -0.352 e. The standard InChI is InChI=1S/C15H23N3O/c1-12-2-3-14(10-17-12)11-18-15(19)5-4-13-6-8-16-9-7-13/h2-3,10,13,16H,4-9,11H2,1H3,(H,18,19). The third-order valence-corrected chi connectivity index (χ3v) is 3.70. The quantitative estimate of drug-likeness (QED) is 0.849. The molecule has 19 heavy (non-hydrogen) atoms. The van der Waals surface area contributed by atoms with E-state index in [2.05, 4.69) is 15.6 Å². The van der Waals surface area contributed by atoms with Crippen molar-refractivity contribution < 1.29 is 4.79 Å². The van der Waals surface area contributed by atoms with Gasteiger partial charge >= 0.3 is 0 Å². The summed E-state index contributed by atoms with van der Waals surface area (Å²) in [5, 5.41) is 6.31. The highest BCUT2D eigenvalue weighted by Crippen LogP contribution is 2.17. The molecule has 0 saturated carbocycles. The van der Waals surface area contributed by atoms with E-state index in [0.717, 1.165) is 30.8 Å². The Labute approximate surface area is 115 Å². The summed E-state index contributed by atoms with van der Waals surface area (Å²) < 4.78 is 0. The molecule has 1 amide bonds. The van der Waals surface area contributed by atoms with Gasteiger partial charge in [0.05, 0.1) is 0 Å². The predicted octanol–water partition coefficient (Wildman–Crippen LogP) is 1.79. The molecule has 2 N–H and O–H groups in total. The molecule has 0 spiro atoms. The number of nitrogens with one attached hydrogen (secondary N) is 2. The first-order chi connectivity index (χ1) is 9.24. The molecular formula is C15H23N3O. The van der Waals surface area contributed by atoms with Gasteiger partial charge in [0.1, 0.15) is 0 Å². The summed E-state index contributed by atoms with van der Waals surface area (Å²) in [6, 6.07) is 3.98. The zero-order chi connectivity index (χ0) is 13.5. The molecule has 0 aliphatic carbocycles. The van der Waals surface area contributed by atoms with E-state index in [9.17, 15) is 4.79 Å². The number of pyridine rings is 1. The zero-order valence-corrected chi connectivity index (χ0v) is 11.6. The van der Waals surface area contributed by atoms with Crippen LogP contribution in [0.15, 0.2) is 18.3 Å². The first kappa shape index (κ1) is 14.0. The molecule has 0 aromatic carbocycles. The number of aromatic nitrogens is 1. The minimum absolute atomic E-state index is 0.152. The maximum absolute atomic E-state index is 11.8. The number of amides is 1. The summed E-state index contributed by atoms with van der Waals surface area (Å²) in [7, 11) is 0. The van der Waals surface area contributed by atoms with E-state index in [1.54, 1.807) is 0 Å². The van der Waals surface area contributed by atoms with Crippen molar-refractivity contribution in [1.29, 1.82) is 0 Å². The van der Waals surface area contributed by atoms with Gasteiger partial charge in [0.2, 0.25) is 5.91 Å². The molecule has 104 valence electrons. The number of aryl methyl sites for hydroxylation is 1. The van der Waals surface area contributed by atoms with Crippen LogP contribution in [0.25, 0.3) is 0 Å². The van der Waals surface area contributed by atoms with Gasteiger partial charge in [-0.3, -0.25) is 9.78 Å². The largest absolute Gasteiger partial charge is 0.352 e. The second kappa shape index (κ2) is 7.24. The fraction of sp³-hybridized carbons (Fsp3) is 0.600. The number of nitrogens with zero attached hydrogens (tertiary/aromatic N) is 1. The molecule has 1 saturated heterocycles. The first-order valence-corrected chi connectivity index (χ1v) is 7.13. The van der Waals surface area contributed by atoms with Crippen LogP contribution >= 0.6 is 0 Å². The fourth-order valence-electron chi connectivity index (χ4n) is 2.40. The SMILES string of the molecule is Cc1ccc(CNC(=O)CCC2CCNCC2)cn1. The fourth-order valence-corrected chi connectivity index (χ4v) is 2.40. The Morgan fingerprint density at radius 1 is 1.42 bits per heavy atom. The van der Waals surface area contributed by atoms with Crippen LogP contribution in [0, 0.1) is 12.8 Å². The normalized spacial score (nSPS) is 16.3. The summed E-state index contributed by atoms with van der Waals surface area (Å²) in [5.74, 6) is 0.868. The highest BCUT2D eigenvalue weighted by Gasteiger charge is 2.14. The Bertz CT molecular complexity index is 396.